The van der Waals surface area contributed by atoms with E-state index >= 15 is 0 Å². The summed E-state index contributed by atoms with van der Waals surface area (Å²) in [4.78, 5) is 12.4. The fourth-order valence-electron chi connectivity index (χ4n) is 2.94. The number of rotatable bonds is 8. The van der Waals surface area contributed by atoms with Gasteiger partial charge in [-0.05, 0) is 54.4 Å². The highest BCUT2D eigenvalue weighted by Gasteiger charge is 2.22. The number of ether oxygens (including phenoxy) is 2. The Balaban J connectivity index is 1.92. The van der Waals surface area contributed by atoms with Gasteiger partial charge in [0.2, 0.25) is 9.84 Å². The molecule has 7 heteroatoms. The van der Waals surface area contributed by atoms with E-state index in [1.165, 1.54) is 37.4 Å². The van der Waals surface area contributed by atoms with E-state index in [-0.39, 0.29) is 27.7 Å². The van der Waals surface area contributed by atoms with Crippen molar-refractivity contribution < 1.29 is 22.7 Å². The van der Waals surface area contributed by atoms with Crippen LogP contribution in [0.4, 0.5) is 0 Å². The van der Waals surface area contributed by atoms with Gasteiger partial charge in [0.05, 0.1) is 16.9 Å². The third kappa shape index (κ3) is 4.87. The van der Waals surface area contributed by atoms with E-state index in [1.54, 1.807) is 12.1 Å². The highest BCUT2D eigenvalue weighted by molar-refractivity contribution is 7.91. The lowest BCUT2D eigenvalue weighted by Gasteiger charge is -2.13. The molecule has 0 atom stereocenters. The van der Waals surface area contributed by atoms with Gasteiger partial charge in [-0.25, -0.2) is 13.2 Å². The zero-order valence-electron chi connectivity index (χ0n) is 16.6. The fourth-order valence-corrected chi connectivity index (χ4v) is 4.23. The third-order valence-corrected chi connectivity index (χ3v) is 6.34. The third-order valence-electron chi connectivity index (χ3n) is 4.57. The second kappa shape index (κ2) is 9.56. The maximum atomic E-state index is 13.0. The number of nitrogens with two attached hydrogens (primary N) is 1. The lowest BCUT2D eigenvalue weighted by molar-refractivity contribution is 0.0595. The first-order chi connectivity index (χ1) is 14.5. The van der Waals surface area contributed by atoms with Crippen molar-refractivity contribution >= 4 is 15.8 Å². The average molecular weight is 426 g/mol. The lowest BCUT2D eigenvalue weighted by Crippen LogP contribution is -2.09. The van der Waals surface area contributed by atoms with Crippen LogP contribution < -0.4 is 10.5 Å². The van der Waals surface area contributed by atoms with Gasteiger partial charge in [0.1, 0.15) is 17.9 Å². The van der Waals surface area contributed by atoms with E-state index in [1.807, 2.05) is 30.3 Å². The minimum Gasteiger partial charge on any atom is -0.488 e. The molecule has 0 aliphatic rings. The molecule has 0 heterocycles. The van der Waals surface area contributed by atoms with Gasteiger partial charge < -0.3 is 15.2 Å². The van der Waals surface area contributed by atoms with E-state index in [2.05, 4.69) is 0 Å². The van der Waals surface area contributed by atoms with E-state index in [0.29, 0.717) is 13.0 Å². The first-order valence-corrected chi connectivity index (χ1v) is 10.9. The molecule has 0 saturated heterocycles. The number of methoxy groups -OCH3 is 1. The molecule has 3 aromatic carbocycles. The summed E-state index contributed by atoms with van der Waals surface area (Å²) in [5, 5.41) is 0. The molecule has 0 unspecified atom stereocenters. The molecule has 6 nitrogen and oxygen atoms in total. The summed E-state index contributed by atoms with van der Waals surface area (Å²) >= 11 is 0. The Morgan fingerprint density at radius 2 is 1.57 bits per heavy atom. The predicted molar refractivity (Wildman–Crippen MR) is 113 cm³/mol. The maximum Gasteiger partial charge on any atom is 0.341 e. The van der Waals surface area contributed by atoms with Gasteiger partial charge in [0, 0.05) is 0 Å². The normalized spacial score (nSPS) is 11.1. The lowest BCUT2D eigenvalue weighted by atomic mass is 10.2. The standard InChI is InChI=1S/C23H23NO5S/c1-28-23(25)21-15-20(11-12-22(21)29-16-18-5-3-2-4-6-18)30(26,27)19-9-7-17(8-10-19)13-14-24/h2-12,15H,13-14,16,24H2,1H3. The summed E-state index contributed by atoms with van der Waals surface area (Å²) in [6.07, 6.45) is 0.667. The van der Waals surface area contributed by atoms with Gasteiger partial charge in [-0.3, -0.25) is 0 Å². The Labute approximate surface area is 176 Å². The second-order valence-electron chi connectivity index (χ2n) is 6.61. The van der Waals surface area contributed by atoms with Crippen LogP contribution in [0.25, 0.3) is 0 Å². The number of carbonyl (C=O) groups excluding carboxylic acids is 1. The van der Waals surface area contributed by atoms with Crippen LogP contribution in [0, 0.1) is 0 Å². The Kier molecular flexibility index (Phi) is 6.87. The van der Waals surface area contributed by atoms with E-state index < -0.39 is 15.8 Å². The molecule has 30 heavy (non-hydrogen) atoms. The van der Waals surface area contributed by atoms with Crippen molar-refractivity contribution in [3.63, 3.8) is 0 Å². The highest BCUT2D eigenvalue weighted by atomic mass is 32.2. The first-order valence-electron chi connectivity index (χ1n) is 9.39. The zero-order valence-corrected chi connectivity index (χ0v) is 17.4. The molecule has 0 aliphatic carbocycles. The number of hydrogen-bond acceptors (Lipinski definition) is 6. The summed E-state index contributed by atoms with van der Waals surface area (Å²) in [6.45, 7) is 0.721. The van der Waals surface area contributed by atoms with Crippen molar-refractivity contribution in [2.75, 3.05) is 13.7 Å². The Hall–Kier alpha value is -3.16. The summed E-state index contributed by atoms with van der Waals surface area (Å²) in [6, 6.07) is 20.2. The Morgan fingerprint density at radius 1 is 0.900 bits per heavy atom. The minimum atomic E-state index is -3.81. The van der Waals surface area contributed by atoms with Crippen LogP contribution in [0.3, 0.4) is 0 Å². The predicted octanol–water partition coefficient (Wildman–Crippen LogP) is 3.39. The number of sulfone groups is 1. The smallest absolute Gasteiger partial charge is 0.341 e. The SMILES string of the molecule is COC(=O)c1cc(S(=O)(=O)c2ccc(CCN)cc2)ccc1OCc1ccccc1. The summed E-state index contributed by atoms with van der Waals surface area (Å²) in [5.74, 6) is -0.420. The van der Waals surface area contributed by atoms with E-state index in [9.17, 15) is 13.2 Å². The number of esters is 1. The summed E-state index contributed by atoms with van der Waals surface area (Å²) in [5.41, 5.74) is 7.46. The quantitative estimate of drug-likeness (QED) is 0.556. The van der Waals surface area contributed by atoms with Crippen LogP contribution in [0.2, 0.25) is 0 Å². The second-order valence-corrected chi connectivity index (χ2v) is 8.56. The molecule has 0 bridgehead atoms. The van der Waals surface area contributed by atoms with Crippen molar-refractivity contribution in [2.24, 2.45) is 5.73 Å². The van der Waals surface area contributed by atoms with E-state index in [0.717, 1.165) is 11.1 Å². The molecule has 0 radical (unpaired) electrons. The monoisotopic (exact) mass is 425 g/mol. The molecule has 0 amide bonds. The molecular weight excluding hydrogens is 402 g/mol. The van der Waals surface area contributed by atoms with Crippen LogP contribution in [0.1, 0.15) is 21.5 Å². The van der Waals surface area contributed by atoms with Gasteiger partial charge in [-0.15, -0.1) is 0 Å². The molecule has 3 aromatic rings. The molecular formula is C23H23NO5S. The van der Waals surface area contributed by atoms with Gasteiger partial charge in [0.25, 0.3) is 0 Å². The largest absolute Gasteiger partial charge is 0.488 e. The van der Waals surface area contributed by atoms with Crippen LogP contribution in [0.15, 0.2) is 82.6 Å². The number of carbonyl (C=O) groups is 1. The highest BCUT2D eigenvalue weighted by Crippen LogP contribution is 2.28. The maximum absolute atomic E-state index is 13.0. The summed E-state index contributed by atoms with van der Waals surface area (Å²) < 4.78 is 36.7. The molecule has 0 spiro atoms. The van der Waals surface area contributed by atoms with Crippen molar-refractivity contribution in [2.45, 2.75) is 22.8 Å². The van der Waals surface area contributed by atoms with Crippen molar-refractivity contribution in [1.29, 1.82) is 0 Å². The van der Waals surface area contributed by atoms with Gasteiger partial charge in [-0.2, -0.15) is 0 Å². The fraction of sp³-hybridized carbons (Fsp3) is 0.174. The van der Waals surface area contributed by atoms with Crippen molar-refractivity contribution in [1.82, 2.24) is 0 Å². The van der Waals surface area contributed by atoms with Crippen LogP contribution >= 0.6 is 0 Å². The first kappa shape index (κ1) is 21.5. The van der Waals surface area contributed by atoms with Crippen LogP contribution in [-0.4, -0.2) is 28.0 Å². The molecule has 156 valence electrons. The molecule has 0 saturated carbocycles. The van der Waals surface area contributed by atoms with Crippen molar-refractivity contribution in [3.05, 3.63) is 89.5 Å². The zero-order chi connectivity index (χ0) is 21.6. The number of hydrogen-bond donors (Lipinski definition) is 1. The van der Waals surface area contributed by atoms with E-state index in [4.69, 9.17) is 15.2 Å². The molecule has 0 fully saturated rings. The topological polar surface area (TPSA) is 95.7 Å². The van der Waals surface area contributed by atoms with Crippen molar-refractivity contribution in [3.8, 4) is 5.75 Å². The van der Waals surface area contributed by atoms with Gasteiger partial charge in [-0.1, -0.05) is 42.5 Å². The average Bonchev–Trinajstić information content (AvgIpc) is 2.78. The minimum absolute atomic E-state index is 0.0125. The van der Waals surface area contributed by atoms with Gasteiger partial charge >= 0.3 is 5.97 Å². The van der Waals surface area contributed by atoms with Gasteiger partial charge in [0.15, 0.2) is 0 Å². The summed E-state index contributed by atoms with van der Waals surface area (Å²) in [7, 11) is -2.58. The molecule has 0 aliphatic heterocycles. The van der Waals surface area contributed by atoms with Crippen LogP contribution in [-0.2, 0) is 27.6 Å². The molecule has 2 N–H and O–H groups in total. The molecule has 0 aromatic heterocycles. The number of benzene rings is 3. The Morgan fingerprint density at radius 3 is 2.20 bits per heavy atom. The Bertz CT molecular complexity index is 1110. The molecule has 3 rings (SSSR count). The van der Waals surface area contributed by atoms with Crippen LogP contribution in [0.5, 0.6) is 5.75 Å².